The Morgan fingerprint density at radius 1 is 0.816 bits per heavy atom. The van der Waals surface area contributed by atoms with Gasteiger partial charge in [0.05, 0.1) is 12.0 Å². The monoisotopic (exact) mass is 560 g/mol. The van der Waals surface area contributed by atoms with Crippen molar-refractivity contribution in [3.63, 3.8) is 0 Å². The second-order valence-corrected chi connectivity index (χ2v) is 11.7. The average molecular weight is 561 g/mol. The number of thiazole rings is 1. The lowest BCUT2D eigenvalue weighted by Gasteiger charge is -2.16. The number of phosphoric ester groups is 1. The Hall–Kier alpha value is -2.34. The molecule has 0 saturated carbocycles. The molecule has 0 spiro atoms. The van der Waals surface area contributed by atoms with Crippen LogP contribution in [0.15, 0.2) is 65.6 Å². The molecule has 1 N–H and O–H groups in total. The Morgan fingerprint density at radius 2 is 1.47 bits per heavy atom. The van der Waals surface area contributed by atoms with Crippen LogP contribution in [0, 0.1) is 0 Å². The number of nitrogens with zero attached hydrogens (tertiary/aromatic N) is 1. The molecule has 0 bridgehead atoms. The van der Waals surface area contributed by atoms with E-state index in [0.29, 0.717) is 18.9 Å². The largest absolute Gasteiger partial charge is 0.585 e. The second-order valence-electron chi connectivity index (χ2n) is 9.68. The zero-order chi connectivity index (χ0) is 26.9. The first kappa shape index (κ1) is 30.2. The van der Waals surface area contributed by atoms with E-state index in [1.165, 1.54) is 64.2 Å². The summed E-state index contributed by atoms with van der Waals surface area (Å²) < 4.78 is 31.5. The van der Waals surface area contributed by atoms with Gasteiger partial charge in [-0.05, 0) is 30.7 Å². The number of hydrogen-bond acceptors (Lipinski definition) is 5. The Morgan fingerprint density at radius 3 is 2.13 bits per heavy atom. The molecule has 2 aromatic carbocycles. The van der Waals surface area contributed by atoms with Crippen molar-refractivity contribution in [2.45, 2.75) is 90.5 Å². The van der Waals surface area contributed by atoms with Gasteiger partial charge in [0.25, 0.3) is 0 Å². The summed E-state index contributed by atoms with van der Waals surface area (Å²) in [5, 5.41) is 1.99. The normalized spacial score (nSPS) is 12.7. The highest BCUT2D eigenvalue weighted by Gasteiger charge is 2.27. The lowest BCUT2D eigenvalue weighted by Crippen LogP contribution is -2.30. The number of unbranched alkanes of at least 4 members (excludes halogenated alkanes) is 11. The van der Waals surface area contributed by atoms with Gasteiger partial charge in [0, 0.05) is 5.56 Å². The fourth-order valence-corrected chi connectivity index (χ4v) is 5.72. The Balaban J connectivity index is 1.36. The van der Waals surface area contributed by atoms with E-state index in [0.717, 1.165) is 18.4 Å². The molecule has 6 nitrogen and oxygen atoms in total. The molecule has 208 valence electrons. The molecule has 1 atom stereocenters. The van der Waals surface area contributed by atoms with Gasteiger partial charge in [-0.2, -0.15) is 4.57 Å². The van der Waals surface area contributed by atoms with Gasteiger partial charge >= 0.3 is 7.82 Å². The van der Waals surface area contributed by atoms with E-state index in [1.54, 1.807) is 47.7 Å². The number of phosphoric acid groups is 1. The van der Waals surface area contributed by atoms with Crippen molar-refractivity contribution in [2.24, 2.45) is 0 Å². The van der Waals surface area contributed by atoms with Crippen molar-refractivity contribution in [2.75, 3.05) is 6.61 Å². The topological polar surface area (TPSA) is 68.9 Å². The summed E-state index contributed by atoms with van der Waals surface area (Å²) in [6.07, 6.45) is 17.4. The first-order valence-electron chi connectivity index (χ1n) is 14.0. The van der Waals surface area contributed by atoms with E-state index >= 15 is 0 Å². The molecule has 1 heterocycles. The van der Waals surface area contributed by atoms with Gasteiger partial charge in [0.1, 0.15) is 5.75 Å². The summed E-state index contributed by atoms with van der Waals surface area (Å²) in [6, 6.07) is 14.0. The summed E-state index contributed by atoms with van der Waals surface area (Å²) in [6.45, 7) is 3.44. The van der Waals surface area contributed by atoms with Gasteiger partial charge in [0.15, 0.2) is 24.2 Å². The minimum atomic E-state index is -4.41. The van der Waals surface area contributed by atoms with Gasteiger partial charge in [-0.15, -0.1) is 0 Å². The van der Waals surface area contributed by atoms with Crippen molar-refractivity contribution in [3.8, 4) is 17.2 Å². The van der Waals surface area contributed by atoms with E-state index < -0.39 is 7.82 Å². The van der Waals surface area contributed by atoms with Crippen LogP contribution in [0.1, 0.15) is 89.5 Å². The van der Waals surface area contributed by atoms with Crippen LogP contribution in [-0.2, 0) is 11.1 Å². The number of benzene rings is 2. The minimum Gasteiger partial charge on any atom is -0.490 e. The lowest BCUT2D eigenvalue weighted by molar-refractivity contribution is -0.683. The molecule has 0 saturated heterocycles. The fourth-order valence-electron chi connectivity index (χ4n) is 4.31. The van der Waals surface area contributed by atoms with Crippen LogP contribution in [0.2, 0.25) is 0 Å². The molecule has 0 fully saturated rings. The van der Waals surface area contributed by atoms with Crippen molar-refractivity contribution in [3.05, 3.63) is 71.2 Å². The van der Waals surface area contributed by atoms with E-state index in [9.17, 15) is 9.46 Å². The predicted molar refractivity (Wildman–Crippen MR) is 154 cm³/mol. The van der Waals surface area contributed by atoms with Crippen LogP contribution in [0.25, 0.3) is 0 Å². The Bertz CT molecular complexity index is 1090. The average Bonchev–Trinajstić information content (AvgIpc) is 3.40. The molecule has 0 aliphatic rings. The maximum Gasteiger partial charge on any atom is 0.585 e. The van der Waals surface area contributed by atoms with Gasteiger partial charge in [0.2, 0.25) is 5.51 Å². The molecular weight excluding hydrogens is 517 g/mol. The first-order valence-corrected chi connectivity index (χ1v) is 16.4. The van der Waals surface area contributed by atoms with E-state index in [2.05, 4.69) is 6.92 Å². The standard InChI is InChI=1S/C30H42NO5PS/c1-2-3-4-5-6-7-8-9-10-11-12-15-22-34-29-19-13-14-20-30(29)36-37(32,33)35-28-18-16-17-27(24-28)25-31-21-23-38-26-31/h13-14,16-21,23-24,26H,2-12,15,22,25H2,1H3/p+1. The first-order chi connectivity index (χ1) is 18.6. The molecule has 0 aliphatic heterocycles. The summed E-state index contributed by atoms with van der Waals surface area (Å²) in [5.41, 5.74) is 2.96. The zero-order valence-corrected chi connectivity index (χ0v) is 24.3. The molecule has 3 rings (SSSR count). The second kappa shape index (κ2) is 17.3. The number of para-hydroxylation sites is 2. The molecule has 3 aromatic rings. The molecular formula is C30H43NO5PS+. The van der Waals surface area contributed by atoms with Crippen LogP contribution >= 0.6 is 19.2 Å². The van der Waals surface area contributed by atoms with Crippen molar-refractivity contribution >= 4 is 19.2 Å². The Kier molecular flexibility index (Phi) is 13.7. The molecule has 0 amide bonds. The molecule has 8 heteroatoms. The molecule has 0 aliphatic carbocycles. The summed E-state index contributed by atoms with van der Waals surface area (Å²) >= 11 is 1.61. The SMILES string of the molecule is CCCCCCCCCCCCCCOc1ccccc1OP(=O)(O)Oc1cccc(C[n+]2ccsc2)c1. The highest BCUT2D eigenvalue weighted by atomic mass is 32.1. The van der Waals surface area contributed by atoms with Crippen LogP contribution in [0.4, 0.5) is 0 Å². The number of ether oxygens (including phenoxy) is 1. The van der Waals surface area contributed by atoms with Gasteiger partial charge in [-0.25, -0.2) is 4.57 Å². The maximum atomic E-state index is 12.8. The molecule has 0 radical (unpaired) electrons. The predicted octanol–water partition coefficient (Wildman–Crippen LogP) is 8.72. The van der Waals surface area contributed by atoms with E-state index in [-0.39, 0.29) is 11.5 Å². The van der Waals surface area contributed by atoms with Crippen LogP contribution < -0.4 is 18.4 Å². The van der Waals surface area contributed by atoms with Gasteiger partial charge in [-0.1, -0.05) is 113 Å². The minimum absolute atomic E-state index is 0.197. The summed E-state index contributed by atoms with van der Waals surface area (Å²) in [7, 11) is -4.41. The van der Waals surface area contributed by atoms with E-state index in [4.69, 9.17) is 13.8 Å². The van der Waals surface area contributed by atoms with Crippen molar-refractivity contribution < 1.29 is 27.8 Å². The smallest absolute Gasteiger partial charge is 0.490 e. The highest BCUT2D eigenvalue weighted by molar-refractivity contribution is 7.48. The number of rotatable bonds is 20. The zero-order valence-electron chi connectivity index (χ0n) is 22.6. The third-order valence-electron chi connectivity index (χ3n) is 6.33. The third-order valence-corrected chi connectivity index (χ3v) is 7.87. The van der Waals surface area contributed by atoms with Crippen molar-refractivity contribution in [1.29, 1.82) is 0 Å². The number of aromatic nitrogens is 1. The van der Waals surface area contributed by atoms with Crippen LogP contribution in [0.3, 0.4) is 0 Å². The molecule has 1 aromatic heterocycles. The summed E-state index contributed by atoms with van der Waals surface area (Å²) in [5.74, 6) is 0.914. The van der Waals surface area contributed by atoms with Gasteiger partial charge < -0.3 is 13.8 Å². The molecule has 1 unspecified atom stereocenters. The van der Waals surface area contributed by atoms with Crippen molar-refractivity contribution in [1.82, 2.24) is 0 Å². The van der Waals surface area contributed by atoms with Gasteiger partial charge in [-0.3, -0.25) is 4.89 Å². The quantitative estimate of drug-likeness (QED) is 0.0850. The van der Waals surface area contributed by atoms with Crippen LogP contribution in [0.5, 0.6) is 17.2 Å². The maximum absolute atomic E-state index is 12.8. The molecule has 38 heavy (non-hydrogen) atoms. The van der Waals surface area contributed by atoms with Crippen LogP contribution in [-0.4, -0.2) is 11.5 Å². The lowest BCUT2D eigenvalue weighted by atomic mass is 10.1. The number of hydrogen-bond donors (Lipinski definition) is 1. The fraction of sp³-hybridized carbons (Fsp3) is 0.500. The van der Waals surface area contributed by atoms with E-state index in [1.807, 2.05) is 33.8 Å². The summed E-state index contributed by atoms with van der Waals surface area (Å²) in [4.78, 5) is 10.4. The third kappa shape index (κ3) is 12.0. The Labute approximate surface area is 232 Å². The highest BCUT2D eigenvalue weighted by Crippen LogP contribution is 2.47.